The van der Waals surface area contributed by atoms with Gasteiger partial charge in [0, 0.05) is 30.3 Å². The molecule has 3 rings (SSSR count). The average molecular weight is 380 g/mol. The third-order valence-electron chi connectivity index (χ3n) is 3.59. The molecule has 9 nitrogen and oxygen atoms in total. The van der Waals surface area contributed by atoms with Gasteiger partial charge in [0.15, 0.2) is 0 Å². The first kappa shape index (κ1) is 18.5. The summed E-state index contributed by atoms with van der Waals surface area (Å²) < 4.78 is 10.8. The Labute approximate surface area is 158 Å². The molecule has 0 N–H and O–H groups in total. The lowest BCUT2D eigenvalue weighted by Crippen LogP contribution is -2.08. The molecule has 0 fully saturated rings. The average Bonchev–Trinajstić information content (AvgIpc) is 2.68. The second-order valence-corrected chi connectivity index (χ2v) is 5.52. The lowest BCUT2D eigenvalue weighted by atomic mass is 10.2. The molecule has 3 aromatic rings. The van der Waals surface area contributed by atoms with Crippen LogP contribution in [0.3, 0.4) is 0 Å². The predicted octanol–water partition coefficient (Wildman–Crippen LogP) is 4.51. The number of ether oxygens (including phenoxy) is 2. The number of esters is 1. The number of carbonyl (C=O) groups excluding carboxylic acids is 1. The Morgan fingerprint density at radius 3 is 2.04 bits per heavy atom. The van der Waals surface area contributed by atoms with Crippen molar-refractivity contribution in [1.29, 1.82) is 0 Å². The van der Waals surface area contributed by atoms with E-state index in [0.29, 0.717) is 11.5 Å². The SMILES string of the molecule is O=C(Oc1cccc(Oc2ccc([N+](=O)[O-])cc2)c1)c1cccc([N+](=O)[O-])c1. The summed E-state index contributed by atoms with van der Waals surface area (Å²) in [4.78, 5) is 32.6. The molecule has 0 aliphatic rings. The van der Waals surface area contributed by atoms with Gasteiger partial charge >= 0.3 is 5.97 Å². The highest BCUT2D eigenvalue weighted by atomic mass is 16.6. The molecule has 0 saturated carbocycles. The molecule has 0 aromatic heterocycles. The molecule has 3 aromatic carbocycles. The van der Waals surface area contributed by atoms with Gasteiger partial charge in [-0.15, -0.1) is 0 Å². The fourth-order valence-corrected chi connectivity index (χ4v) is 2.29. The van der Waals surface area contributed by atoms with E-state index in [1.807, 2.05) is 0 Å². The highest BCUT2D eigenvalue weighted by Crippen LogP contribution is 2.27. The molecular weight excluding hydrogens is 368 g/mol. The van der Waals surface area contributed by atoms with Crippen molar-refractivity contribution in [2.45, 2.75) is 0 Å². The Hall–Kier alpha value is -4.27. The lowest BCUT2D eigenvalue weighted by molar-refractivity contribution is -0.385. The molecule has 0 amide bonds. The van der Waals surface area contributed by atoms with Gasteiger partial charge in [0.2, 0.25) is 0 Å². The summed E-state index contributed by atoms with van der Waals surface area (Å²) in [5, 5.41) is 21.5. The molecule has 0 spiro atoms. The van der Waals surface area contributed by atoms with E-state index in [4.69, 9.17) is 9.47 Å². The minimum absolute atomic E-state index is 0.0379. The van der Waals surface area contributed by atoms with Crippen molar-refractivity contribution >= 4 is 17.3 Å². The van der Waals surface area contributed by atoms with Crippen molar-refractivity contribution in [3.63, 3.8) is 0 Å². The van der Waals surface area contributed by atoms with Gasteiger partial charge in [-0.05, 0) is 30.3 Å². The summed E-state index contributed by atoms with van der Waals surface area (Å²) >= 11 is 0. The first-order chi connectivity index (χ1) is 13.4. The van der Waals surface area contributed by atoms with E-state index in [9.17, 15) is 25.0 Å². The van der Waals surface area contributed by atoms with E-state index < -0.39 is 15.8 Å². The zero-order valence-corrected chi connectivity index (χ0v) is 14.2. The van der Waals surface area contributed by atoms with Gasteiger partial charge in [-0.3, -0.25) is 20.2 Å². The zero-order valence-electron chi connectivity index (χ0n) is 14.2. The maximum atomic E-state index is 12.2. The van der Waals surface area contributed by atoms with Crippen molar-refractivity contribution in [2.24, 2.45) is 0 Å². The van der Waals surface area contributed by atoms with Gasteiger partial charge in [-0.25, -0.2) is 4.79 Å². The van der Waals surface area contributed by atoms with Crippen LogP contribution in [0.15, 0.2) is 72.8 Å². The fraction of sp³-hybridized carbons (Fsp3) is 0. The first-order valence-corrected chi connectivity index (χ1v) is 7.91. The number of hydrogen-bond acceptors (Lipinski definition) is 7. The minimum atomic E-state index is -0.754. The molecule has 28 heavy (non-hydrogen) atoms. The number of benzene rings is 3. The summed E-state index contributed by atoms with van der Waals surface area (Å²) in [6.45, 7) is 0. The third kappa shape index (κ3) is 4.47. The molecule has 9 heteroatoms. The smallest absolute Gasteiger partial charge is 0.343 e. The summed E-state index contributed by atoms with van der Waals surface area (Å²) in [6, 6.07) is 16.9. The molecule has 0 bridgehead atoms. The number of rotatable bonds is 6. The van der Waals surface area contributed by atoms with E-state index in [0.717, 1.165) is 6.07 Å². The van der Waals surface area contributed by atoms with Crippen molar-refractivity contribution in [1.82, 2.24) is 0 Å². The lowest BCUT2D eigenvalue weighted by Gasteiger charge is -2.08. The normalized spacial score (nSPS) is 10.1. The van der Waals surface area contributed by atoms with Crippen LogP contribution < -0.4 is 9.47 Å². The van der Waals surface area contributed by atoms with E-state index in [-0.39, 0.29) is 22.7 Å². The highest BCUT2D eigenvalue weighted by molar-refractivity contribution is 5.91. The molecule has 0 unspecified atom stereocenters. The molecule has 0 heterocycles. The molecule has 0 saturated heterocycles. The van der Waals surface area contributed by atoms with Gasteiger partial charge in [-0.1, -0.05) is 12.1 Å². The van der Waals surface area contributed by atoms with Gasteiger partial charge < -0.3 is 9.47 Å². The number of hydrogen-bond donors (Lipinski definition) is 0. The minimum Gasteiger partial charge on any atom is -0.457 e. The molecule has 0 radical (unpaired) electrons. The first-order valence-electron chi connectivity index (χ1n) is 7.91. The Morgan fingerprint density at radius 2 is 1.36 bits per heavy atom. The van der Waals surface area contributed by atoms with Crippen molar-refractivity contribution in [2.75, 3.05) is 0 Å². The molecule has 0 aliphatic carbocycles. The number of nitrogens with zero attached hydrogens (tertiary/aromatic N) is 2. The second kappa shape index (κ2) is 7.96. The summed E-state index contributed by atoms with van der Waals surface area (Å²) in [5.41, 5.74) is -0.243. The van der Waals surface area contributed by atoms with Crippen molar-refractivity contribution < 1.29 is 24.1 Å². The predicted molar refractivity (Wildman–Crippen MR) is 97.7 cm³/mol. The van der Waals surface area contributed by atoms with Crippen molar-refractivity contribution in [3.05, 3.63) is 98.6 Å². The third-order valence-corrected chi connectivity index (χ3v) is 3.59. The van der Waals surface area contributed by atoms with Crippen LogP contribution in [-0.2, 0) is 0 Å². The van der Waals surface area contributed by atoms with Gasteiger partial charge in [0.1, 0.15) is 17.2 Å². The Bertz CT molecular complexity index is 1050. The maximum Gasteiger partial charge on any atom is 0.343 e. The topological polar surface area (TPSA) is 122 Å². The Balaban J connectivity index is 1.72. The molecule has 0 aliphatic heterocycles. The fourth-order valence-electron chi connectivity index (χ4n) is 2.29. The van der Waals surface area contributed by atoms with Gasteiger partial charge in [0.05, 0.1) is 15.4 Å². The second-order valence-electron chi connectivity index (χ2n) is 5.52. The van der Waals surface area contributed by atoms with Crippen LogP contribution in [0.4, 0.5) is 11.4 Å². The van der Waals surface area contributed by atoms with Crippen LogP contribution in [0.2, 0.25) is 0 Å². The van der Waals surface area contributed by atoms with E-state index in [1.54, 1.807) is 12.1 Å². The number of carbonyl (C=O) groups is 1. The van der Waals surface area contributed by atoms with Crippen LogP contribution in [0.1, 0.15) is 10.4 Å². The molecule has 0 atom stereocenters. The summed E-state index contributed by atoms with van der Waals surface area (Å²) in [7, 11) is 0. The summed E-state index contributed by atoms with van der Waals surface area (Å²) in [6.07, 6.45) is 0. The van der Waals surface area contributed by atoms with Crippen LogP contribution in [0.5, 0.6) is 17.2 Å². The number of nitro groups is 2. The number of non-ortho nitro benzene ring substituents is 2. The Kier molecular flexibility index (Phi) is 5.26. The largest absolute Gasteiger partial charge is 0.457 e. The zero-order chi connectivity index (χ0) is 20.1. The van der Waals surface area contributed by atoms with E-state index >= 15 is 0 Å². The highest BCUT2D eigenvalue weighted by Gasteiger charge is 2.14. The summed E-state index contributed by atoms with van der Waals surface area (Å²) in [5.74, 6) is 0.137. The van der Waals surface area contributed by atoms with Crippen LogP contribution >= 0.6 is 0 Å². The Morgan fingerprint density at radius 1 is 0.714 bits per heavy atom. The van der Waals surface area contributed by atoms with E-state index in [1.165, 1.54) is 54.6 Å². The quantitative estimate of drug-likeness (QED) is 0.267. The van der Waals surface area contributed by atoms with E-state index in [2.05, 4.69) is 0 Å². The maximum absolute atomic E-state index is 12.2. The van der Waals surface area contributed by atoms with Crippen molar-refractivity contribution in [3.8, 4) is 17.2 Å². The van der Waals surface area contributed by atoms with Gasteiger partial charge in [-0.2, -0.15) is 0 Å². The van der Waals surface area contributed by atoms with Crippen LogP contribution in [0, 0.1) is 20.2 Å². The van der Waals surface area contributed by atoms with Gasteiger partial charge in [0.25, 0.3) is 11.4 Å². The standard InChI is InChI=1S/C19H12N2O7/c22-19(13-3-1-4-15(11-13)21(25)26)28-18-6-2-5-17(12-18)27-16-9-7-14(8-10-16)20(23)24/h1-12H. The monoisotopic (exact) mass is 380 g/mol. The molecular formula is C19H12N2O7. The number of nitro benzene ring substituents is 2. The van der Waals surface area contributed by atoms with Crippen LogP contribution in [0.25, 0.3) is 0 Å². The van der Waals surface area contributed by atoms with Crippen LogP contribution in [-0.4, -0.2) is 15.8 Å². The molecule has 140 valence electrons.